The molecule has 4 fully saturated rings. The Labute approximate surface area is 116 Å². The third-order valence-electron chi connectivity index (χ3n) is 5.66. The van der Waals surface area contributed by atoms with Gasteiger partial charge in [0, 0.05) is 6.42 Å². The van der Waals surface area contributed by atoms with Crippen molar-refractivity contribution in [3.8, 4) is 12.3 Å². The van der Waals surface area contributed by atoms with E-state index < -0.39 is 0 Å². The molecule has 4 aliphatic carbocycles. The van der Waals surface area contributed by atoms with Crippen molar-refractivity contribution in [2.45, 2.75) is 58.8 Å². The lowest BCUT2D eigenvalue weighted by molar-refractivity contribution is -0.155. The Hall–Kier alpha value is -0.970. The second kappa shape index (κ2) is 4.01. The lowest BCUT2D eigenvalue weighted by Crippen LogP contribution is -2.56. The largest absolute Gasteiger partial charge is 0.345 e. The summed E-state index contributed by atoms with van der Waals surface area (Å²) < 4.78 is 0. The van der Waals surface area contributed by atoms with Gasteiger partial charge in [0.25, 0.3) is 0 Å². The molecule has 4 bridgehead atoms. The molecule has 0 aromatic heterocycles. The van der Waals surface area contributed by atoms with Crippen molar-refractivity contribution in [2.24, 2.45) is 22.2 Å². The standard InChI is InChI=1S/C17H25NO/c1-4-5-18-14(19)9-17-8-13-6-15(2,11-17)10-16(3,7-13)12-17/h1,13H,5-12H2,2-3H3,(H,18,19). The summed E-state index contributed by atoms with van der Waals surface area (Å²) in [5.41, 5.74) is 1.24. The maximum atomic E-state index is 12.1. The van der Waals surface area contributed by atoms with Crippen molar-refractivity contribution >= 4 is 5.91 Å². The molecule has 2 heteroatoms. The molecule has 2 atom stereocenters. The normalized spacial score (nSPS) is 46.9. The van der Waals surface area contributed by atoms with Gasteiger partial charge in [0.05, 0.1) is 6.54 Å². The number of rotatable bonds is 3. The Morgan fingerprint density at radius 3 is 2.37 bits per heavy atom. The van der Waals surface area contributed by atoms with Crippen LogP contribution >= 0.6 is 0 Å². The molecule has 0 aliphatic heterocycles. The first-order chi connectivity index (χ1) is 8.86. The number of carbonyl (C=O) groups excluding carboxylic acids is 1. The first kappa shape index (κ1) is 13.0. The minimum absolute atomic E-state index is 0.159. The second-order valence-electron chi connectivity index (χ2n) is 8.29. The Bertz CT molecular complexity index is 429. The fourth-order valence-electron chi connectivity index (χ4n) is 6.43. The topological polar surface area (TPSA) is 29.1 Å². The SMILES string of the molecule is C#CCNC(=O)CC12CC3CC(C)(CC(C)(C3)C1)C2. The zero-order chi connectivity index (χ0) is 13.7. The highest BCUT2D eigenvalue weighted by molar-refractivity contribution is 5.77. The minimum Gasteiger partial charge on any atom is -0.345 e. The first-order valence-corrected chi connectivity index (χ1v) is 7.56. The van der Waals surface area contributed by atoms with E-state index >= 15 is 0 Å². The molecule has 2 unspecified atom stereocenters. The van der Waals surface area contributed by atoms with Crippen molar-refractivity contribution in [2.75, 3.05) is 6.54 Å². The van der Waals surface area contributed by atoms with Crippen molar-refractivity contribution in [3.63, 3.8) is 0 Å². The number of amides is 1. The second-order valence-corrected chi connectivity index (χ2v) is 8.29. The minimum atomic E-state index is 0.159. The molecule has 4 saturated carbocycles. The molecule has 1 N–H and O–H groups in total. The average Bonchev–Trinajstić information content (AvgIpc) is 2.20. The molecular formula is C17H25NO. The van der Waals surface area contributed by atoms with Crippen LogP contribution in [-0.4, -0.2) is 12.5 Å². The summed E-state index contributed by atoms with van der Waals surface area (Å²) >= 11 is 0. The summed E-state index contributed by atoms with van der Waals surface area (Å²) in [7, 11) is 0. The van der Waals surface area contributed by atoms with Gasteiger partial charge < -0.3 is 5.32 Å². The fourth-order valence-corrected chi connectivity index (χ4v) is 6.43. The number of carbonyl (C=O) groups is 1. The van der Waals surface area contributed by atoms with Crippen LogP contribution in [0, 0.1) is 34.5 Å². The number of nitrogens with one attached hydrogen (secondary N) is 1. The molecule has 0 spiro atoms. The van der Waals surface area contributed by atoms with Gasteiger partial charge in [0.15, 0.2) is 0 Å². The predicted octanol–water partition coefficient (Wildman–Crippen LogP) is 3.12. The predicted molar refractivity (Wildman–Crippen MR) is 76.3 cm³/mol. The van der Waals surface area contributed by atoms with E-state index in [0.717, 1.165) is 5.92 Å². The van der Waals surface area contributed by atoms with Gasteiger partial charge >= 0.3 is 0 Å². The number of hydrogen-bond acceptors (Lipinski definition) is 1. The molecule has 0 radical (unpaired) electrons. The zero-order valence-electron chi connectivity index (χ0n) is 12.2. The highest BCUT2D eigenvalue weighted by atomic mass is 16.1. The Morgan fingerprint density at radius 2 is 1.84 bits per heavy atom. The van der Waals surface area contributed by atoms with Crippen LogP contribution in [0.4, 0.5) is 0 Å². The molecule has 0 aromatic rings. The summed E-state index contributed by atoms with van der Waals surface area (Å²) in [5, 5.41) is 2.86. The molecule has 19 heavy (non-hydrogen) atoms. The van der Waals surface area contributed by atoms with Crippen LogP contribution in [0.1, 0.15) is 58.8 Å². The molecular weight excluding hydrogens is 234 g/mol. The van der Waals surface area contributed by atoms with Crippen LogP contribution in [-0.2, 0) is 4.79 Å². The Morgan fingerprint density at radius 1 is 1.21 bits per heavy atom. The fraction of sp³-hybridized carbons (Fsp3) is 0.824. The molecule has 0 aromatic carbocycles. The summed E-state index contributed by atoms with van der Waals surface area (Å²) in [4.78, 5) is 12.1. The summed E-state index contributed by atoms with van der Waals surface area (Å²) in [5.74, 6) is 3.50. The van der Waals surface area contributed by atoms with Gasteiger partial charge in [-0.2, -0.15) is 0 Å². The van der Waals surface area contributed by atoms with E-state index in [-0.39, 0.29) is 11.3 Å². The number of hydrogen-bond donors (Lipinski definition) is 1. The third-order valence-corrected chi connectivity index (χ3v) is 5.66. The van der Waals surface area contributed by atoms with Gasteiger partial charge in [-0.3, -0.25) is 4.79 Å². The van der Waals surface area contributed by atoms with E-state index in [1.807, 2.05) is 0 Å². The van der Waals surface area contributed by atoms with Gasteiger partial charge in [-0.15, -0.1) is 6.42 Å². The quantitative estimate of drug-likeness (QED) is 0.775. The van der Waals surface area contributed by atoms with E-state index in [1.54, 1.807) is 0 Å². The zero-order valence-corrected chi connectivity index (χ0v) is 12.2. The molecule has 4 aliphatic rings. The van der Waals surface area contributed by atoms with E-state index in [1.165, 1.54) is 38.5 Å². The first-order valence-electron chi connectivity index (χ1n) is 7.56. The summed E-state index contributed by atoms with van der Waals surface area (Å²) in [6.07, 6.45) is 13.8. The molecule has 1 amide bonds. The van der Waals surface area contributed by atoms with Crippen LogP contribution in [0.15, 0.2) is 0 Å². The van der Waals surface area contributed by atoms with Crippen molar-refractivity contribution < 1.29 is 4.79 Å². The van der Waals surface area contributed by atoms with E-state index in [0.29, 0.717) is 23.8 Å². The molecule has 0 heterocycles. The van der Waals surface area contributed by atoms with Gasteiger partial charge in [-0.25, -0.2) is 0 Å². The average molecular weight is 259 g/mol. The molecule has 0 saturated heterocycles. The van der Waals surface area contributed by atoms with E-state index in [9.17, 15) is 4.79 Å². The van der Waals surface area contributed by atoms with Crippen LogP contribution < -0.4 is 5.32 Å². The maximum Gasteiger partial charge on any atom is 0.221 e. The van der Waals surface area contributed by atoms with Gasteiger partial charge in [0.2, 0.25) is 5.91 Å². The number of terminal acetylenes is 1. The lowest BCUT2D eigenvalue weighted by Gasteiger charge is -2.65. The smallest absolute Gasteiger partial charge is 0.221 e. The van der Waals surface area contributed by atoms with Crippen LogP contribution in [0.2, 0.25) is 0 Å². The van der Waals surface area contributed by atoms with Crippen LogP contribution in [0.5, 0.6) is 0 Å². The molecule has 104 valence electrons. The van der Waals surface area contributed by atoms with Crippen molar-refractivity contribution in [1.82, 2.24) is 5.32 Å². The van der Waals surface area contributed by atoms with Crippen LogP contribution in [0.25, 0.3) is 0 Å². The Balaban J connectivity index is 1.77. The van der Waals surface area contributed by atoms with Crippen molar-refractivity contribution in [3.05, 3.63) is 0 Å². The van der Waals surface area contributed by atoms with Gasteiger partial charge in [-0.1, -0.05) is 19.8 Å². The molecule has 4 rings (SSSR count). The summed E-state index contributed by atoms with van der Waals surface area (Å²) in [6.45, 7) is 5.26. The third kappa shape index (κ3) is 2.29. The monoisotopic (exact) mass is 259 g/mol. The van der Waals surface area contributed by atoms with E-state index in [2.05, 4.69) is 25.1 Å². The van der Waals surface area contributed by atoms with Crippen molar-refractivity contribution in [1.29, 1.82) is 0 Å². The summed E-state index contributed by atoms with van der Waals surface area (Å²) in [6, 6.07) is 0. The highest BCUT2D eigenvalue weighted by Gasteiger charge is 2.60. The van der Waals surface area contributed by atoms with Gasteiger partial charge in [-0.05, 0) is 60.7 Å². The van der Waals surface area contributed by atoms with E-state index in [4.69, 9.17) is 6.42 Å². The van der Waals surface area contributed by atoms with Crippen LogP contribution in [0.3, 0.4) is 0 Å². The highest BCUT2D eigenvalue weighted by Crippen LogP contribution is 2.70. The Kier molecular flexibility index (Phi) is 2.75. The molecule has 2 nitrogen and oxygen atoms in total. The maximum absolute atomic E-state index is 12.1. The van der Waals surface area contributed by atoms with Gasteiger partial charge in [0.1, 0.15) is 0 Å². The lowest BCUT2D eigenvalue weighted by atomic mass is 9.40.